The van der Waals surface area contributed by atoms with Gasteiger partial charge in [-0.15, -0.1) is 10.2 Å². The van der Waals surface area contributed by atoms with Crippen LogP contribution >= 0.6 is 0 Å². The predicted molar refractivity (Wildman–Crippen MR) is 117 cm³/mol. The number of anilines is 2. The molecule has 0 aliphatic carbocycles. The quantitative estimate of drug-likeness (QED) is 0.553. The number of fused-ring (bicyclic) bond motifs is 1. The average molecular weight is 441 g/mol. The molecule has 0 amide bonds. The molecule has 1 aliphatic rings. The van der Waals surface area contributed by atoms with Crippen LogP contribution in [0.2, 0.25) is 0 Å². The van der Waals surface area contributed by atoms with Crippen molar-refractivity contribution in [2.24, 2.45) is 0 Å². The molecule has 4 rings (SSSR count). The number of aliphatic hydroxyl groups is 1. The number of halogens is 3. The van der Waals surface area contributed by atoms with E-state index in [2.05, 4.69) is 25.3 Å². The maximum Gasteiger partial charge on any atom is 0.416 e. The number of rotatable bonds is 4. The van der Waals surface area contributed by atoms with E-state index in [4.69, 9.17) is 6.57 Å². The van der Waals surface area contributed by atoms with Crippen LogP contribution in [0.15, 0.2) is 36.4 Å². The van der Waals surface area contributed by atoms with E-state index in [1.807, 2.05) is 6.07 Å². The molecule has 0 unspecified atom stereocenters. The minimum absolute atomic E-state index is 0.130. The Kier molecular flexibility index (Phi) is 5.89. The first kappa shape index (κ1) is 21.8. The molecule has 6 nitrogen and oxygen atoms in total. The van der Waals surface area contributed by atoms with E-state index in [1.54, 1.807) is 18.2 Å². The van der Waals surface area contributed by atoms with Gasteiger partial charge in [-0.1, -0.05) is 24.3 Å². The van der Waals surface area contributed by atoms with E-state index >= 15 is 0 Å². The van der Waals surface area contributed by atoms with Gasteiger partial charge in [0, 0.05) is 30.4 Å². The minimum Gasteiger partial charge on any atom is -0.393 e. The number of hydrogen-bond donors (Lipinski definition) is 2. The van der Waals surface area contributed by atoms with Gasteiger partial charge in [-0.3, -0.25) is 0 Å². The molecule has 0 atom stereocenters. The predicted octanol–water partition coefficient (Wildman–Crippen LogP) is 5.08. The smallest absolute Gasteiger partial charge is 0.393 e. The standard InChI is InChI=1S/C23H22F3N5O/c1-14-3-4-15(11-20(14)23(24,25)26)13-28-21-19-12-16(27-2)5-6-18(19)22(30-29-21)31-9-7-17(32)8-10-31/h3-6,11-12,17,32H,7-10,13H2,1H3,(H,28,29). The summed E-state index contributed by atoms with van der Waals surface area (Å²) in [7, 11) is 0. The third-order valence-electron chi connectivity index (χ3n) is 5.70. The van der Waals surface area contributed by atoms with E-state index in [1.165, 1.54) is 13.0 Å². The average Bonchev–Trinajstić information content (AvgIpc) is 2.78. The molecular formula is C23H22F3N5O. The first-order valence-electron chi connectivity index (χ1n) is 10.3. The molecule has 1 aliphatic heterocycles. The molecule has 2 N–H and O–H groups in total. The van der Waals surface area contributed by atoms with Crippen molar-refractivity contribution in [1.82, 2.24) is 10.2 Å². The van der Waals surface area contributed by atoms with Crippen LogP contribution in [0.3, 0.4) is 0 Å². The normalized spacial score (nSPS) is 15.1. The van der Waals surface area contributed by atoms with Gasteiger partial charge in [0.2, 0.25) is 0 Å². The molecule has 0 radical (unpaired) electrons. The molecule has 0 saturated carbocycles. The summed E-state index contributed by atoms with van der Waals surface area (Å²) in [6.45, 7) is 10.2. The number of aryl methyl sites for hydroxylation is 1. The van der Waals surface area contributed by atoms with Crippen molar-refractivity contribution in [1.29, 1.82) is 0 Å². The Morgan fingerprint density at radius 2 is 1.88 bits per heavy atom. The Morgan fingerprint density at radius 3 is 2.56 bits per heavy atom. The van der Waals surface area contributed by atoms with Gasteiger partial charge in [-0.25, -0.2) is 4.85 Å². The topological polar surface area (TPSA) is 65.6 Å². The number of piperidine rings is 1. The number of alkyl halides is 3. The molecule has 0 bridgehead atoms. The number of hydrogen-bond acceptors (Lipinski definition) is 5. The largest absolute Gasteiger partial charge is 0.416 e. The second-order valence-electron chi connectivity index (χ2n) is 7.93. The fourth-order valence-electron chi connectivity index (χ4n) is 3.91. The third-order valence-corrected chi connectivity index (χ3v) is 5.70. The van der Waals surface area contributed by atoms with Gasteiger partial charge in [-0.2, -0.15) is 13.2 Å². The monoisotopic (exact) mass is 441 g/mol. The second-order valence-corrected chi connectivity index (χ2v) is 7.93. The summed E-state index contributed by atoms with van der Waals surface area (Å²) in [5.41, 5.74) is 0.409. The molecule has 0 spiro atoms. The van der Waals surface area contributed by atoms with E-state index < -0.39 is 11.7 Å². The van der Waals surface area contributed by atoms with Crippen LogP contribution in [0.4, 0.5) is 30.5 Å². The Labute approximate surface area is 183 Å². The molecule has 2 heterocycles. The zero-order chi connectivity index (χ0) is 22.9. The lowest BCUT2D eigenvalue weighted by Gasteiger charge is -2.31. The summed E-state index contributed by atoms with van der Waals surface area (Å²) in [4.78, 5) is 5.54. The summed E-state index contributed by atoms with van der Waals surface area (Å²) in [5, 5.41) is 23.0. The summed E-state index contributed by atoms with van der Waals surface area (Å²) < 4.78 is 39.7. The van der Waals surface area contributed by atoms with Crippen LogP contribution in [0, 0.1) is 13.5 Å². The van der Waals surface area contributed by atoms with Crippen LogP contribution in [0.1, 0.15) is 29.5 Å². The van der Waals surface area contributed by atoms with Gasteiger partial charge >= 0.3 is 6.18 Å². The molecule has 9 heteroatoms. The van der Waals surface area contributed by atoms with E-state index in [0.29, 0.717) is 54.2 Å². The van der Waals surface area contributed by atoms with Gasteiger partial charge in [0.15, 0.2) is 17.3 Å². The Bertz CT molecular complexity index is 1180. The van der Waals surface area contributed by atoms with Crippen molar-refractivity contribution >= 4 is 28.1 Å². The zero-order valence-electron chi connectivity index (χ0n) is 17.4. The van der Waals surface area contributed by atoms with E-state index in [0.717, 1.165) is 11.5 Å². The van der Waals surface area contributed by atoms with Gasteiger partial charge < -0.3 is 15.3 Å². The number of nitrogens with zero attached hydrogens (tertiary/aromatic N) is 4. The summed E-state index contributed by atoms with van der Waals surface area (Å²) in [5.74, 6) is 1.07. The van der Waals surface area contributed by atoms with Gasteiger partial charge in [0.05, 0.1) is 18.2 Å². The molecule has 32 heavy (non-hydrogen) atoms. The highest BCUT2D eigenvalue weighted by Gasteiger charge is 2.32. The molecule has 3 aromatic rings. The van der Waals surface area contributed by atoms with Crippen LogP contribution in [0.25, 0.3) is 15.6 Å². The molecule has 1 saturated heterocycles. The molecule has 2 aromatic carbocycles. The molecular weight excluding hydrogens is 419 g/mol. The lowest BCUT2D eigenvalue weighted by Crippen LogP contribution is -2.36. The Morgan fingerprint density at radius 1 is 1.12 bits per heavy atom. The highest BCUT2D eigenvalue weighted by Crippen LogP contribution is 2.34. The fraction of sp³-hybridized carbons (Fsp3) is 0.348. The number of nitrogens with one attached hydrogen (secondary N) is 1. The van der Waals surface area contributed by atoms with Gasteiger partial charge in [-0.05, 0) is 43.0 Å². The summed E-state index contributed by atoms with van der Waals surface area (Å²) >= 11 is 0. The van der Waals surface area contributed by atoms with Crippen LogP contribution in [0.5, 0.6) is 0 Å². The number of benzene rings is 2. The second kappa shape index (κ2) is 8.63. The van der Waals surface area contributed by atoms with Crippen molar-refractivity contribution in [2.75, 3.05) is 23.3 Å². The lowest BCUT2D eigenvalue weighted by atomic mass is 10.0. The van der Waals surface area contributed by atoms with Crippen LogP contribution in [-0.4, -0.2) is 34.5 Å². The van der Waals surface area contributed by atoms with Crippen LogP contribution in [-0.2, 0) is 12.7 Å². The minimum atomic E-state index is -4.42. The SMILES string of the molecule is [C-]#[N+]c1ccc2c(N3CCC(O)CC3)nnc(NCc3ccc(C)c(C(F)(F)F)c3)c2c1. The van der Waals surface area contributed by atoms with Crippen molar-refractivity contribution in [2.45, 2.75) is 38.6 Å². The van der Waals surface area contributed by atoms with Crippen LogP contribution < -0.4 is 10.2 Å². The molecule has 1 fully saturated rings. The van der Waals surface area contributed by atoms with Gasteiger partial charge in [0.1, 0.15) is 0 Å². The van der Waals surface area contributed by atoms with E-state index in [9.17, 15) is 18.3 Å². The highest BCUT2D eigenvalue weighted by atomic mass is 19.4. The summed E-state index contributed by atoms with van der Waals surface area (Å²) in [6.07, 6.45) is -3.46. The first-order valence-corrected chi connectivity index (χ1v) is 10.3. The zero-order valence-corrected chi connectivity index (χ0v) is 17.4. The van der Waals surface area contributed by atoms with Gasteiger partial charge in [0.25, 0.3) is 0 Å². The van der Waals surface area contributed by atoms with Crippen molar-refractivity contribution in [3.8, 4) is 0 Å². The lowest BCUT2D eigenvalue weighted by molar-refractivity contribution is -0.138. The highest BCUT2D eigenvalue weighted by molar-refractivity contribution is 6.00. The molecule has 166 valence electrons. The number of aromatic nitrogens is 2. The van der Waals surface area contributed by atoms with Crippen molar-refractivity contribution in [3.63, 3.8) is 0 Å². The molecule has 1 aromatic heterocycles. The maximum absolute atomic E-state index is 13.2. The first-order chi connectivity index (χ1) is 15.3. The van der Waals surface area contributed by atoms with E-state index in [-0.39, 0.29) is 18.2 Å². The third kappa shape index (κ3) is 4.46. The number of aliphatic hydroxyl groups excluding tert-OH is 1. The summed E-state index contributed by atoms with van der Waals surface area (Å²) in [6, 6.07) is 9.46. The Hall–Kier alpha value is -3.38. The van der Waals surface area contributed by atoms with Crippen molar-refractivity contribution in [3.05, 3.63) is 64.5 Å². The Balaban J connectivity index is 1.66. The van der Waals surface area contributed by atoms with Crippen molar-refractivity contribution < 1.29 is 18.3 Å². The fourth-order valence-corrected chi connectivity index (χ4v) is 3.91. The maximum atomic E-state index is 13.2.